The third-order valence-electron chi connectivity index (χ3n) is 4.65. The van der Waals surface area contributed by atoms with Crippen LogP contribution in [0.3, 0.4) is 0 Å². The first-order valence-corrected chi connectivity index (χ1v) is 11.4. The largest absolute Gasteiger partial charge is 0.468 e. The predicted molar refractivity (Wildman–Crippen MR) is 110 cm³/mol. The molecule has 3 heterocycles. The number of aryl methyl sites for hydroxylation is 1. The van der Waals surface area contributed by atoms with Gasteiger partial charge in [0.1, 0.15) is 16.7 Å². The number of furan rings is 1. The van der Waals surface area contributed by atoms with Crippen LogP contribution in [0.1, 0.15) is 35.0 Å². The molecule has 156 valence electrons. The van der Waals surface area contributed by atoms with E-state index in [2.05, 4.69) is 10.4 Å². The Labute approximate surface area is 174 Å². The van der Waals surface area contributed by atoms with Gasteiger partial charge in [-0.05, 0) is 44.4 Å². The van der Waals surface area contributed by atoms with Crippen molar-refractivity contribution in [3.63, 3.8) is 0 Å². The van der Waals surface area contributed by atoms with Gasteiger partial charge >= 0.3 is 0 Å². The molecular formula is C19H24N4O4S2. The van der Waals surface area contributed by atoms with Gasteiger partial charge in [-0.1, -0.05) is 6.07 Å². The number of thiophene rings is 1. The Balaban J connectivity index is 1.80. The summed E-state index contributed by atoms with van der Waals surface area (Å²) in [4.78, 5) is 13.7. The topological polar surface area (TPSA) is 97.4 Å². The highest BCUT2D eigenvalue weighted by Crippen LogP contribution is 2.26. The molecule has 1 unspecified atom stereocenters. The lowest BCUT2D eigenvalue weighted by Gasteiger charge is -2.17. The Morgan fingerprint density at radius 2 is 2.10 bits per heavy atom. The van der Waals surface area contributed by atoms with Crippen molar-refractivity contribution in [2.75, 3.05) is 7.05 Å². The van der Waals surface area contributed by atoms with E-state index in [9.17, 15) is 13.2 Å². The van der Waals surface area contributed by atoms with E-state index in [1.54, 1.807) is 44.2 Å². The van der Waals surface area contributed by atoms with E-state index in [0.29, 0.717) is 23.7 Å². The van der Waals surface area contributed by atoms with Gasteiger partial charge in [0.15, 0.2) is 0 Å². The van der Waals surface area contributed by atoms with E-state index in [0.717, 1.165) is 4.88 Å². The van der Waals surface area contributed by atoms with Gasteiger partial charge in [-0.25, -0.2) is 8.42 Å². The van der Waals surface area contributed by atoms with E-state index in [1.165, 1.54) is 22.3 Å². The predicted octanol–water partition coefficient (Wildman–Crippen LogP) is 2.85. The molecule has 0 aliphatic heterocycles. The van der Waals surface area contributed by atoms with Crippen LogP contribution in [-0.4, -0.2) is 35.5 Å². The number of aromatic nitrogens is 2. The number of hydrogen-bond acceptors (Lipinski definition) is 6. The first-order chi connectivity index (χ1) is 13.7. The van der Waals surface area contributed by atoms with Gasteiger partial charge in [0.05, 0.1) is 30.7 Å². The first kappa shape index (κ1) is 21.3. The second-order valence-corrected chi connectivity index (χ2v) is 9.77. The Morgan fingerprint density at radius 1 is 1.34 bits per heavy atom. The average molecular weight is 437 g/mol. The molecule has 0 aliphatic rings. The lowest BCUT2D eigenvalue weighted by Crippen LogP contribution is -2.31. The van der Waals surface area contributed by atoms with Crippen molar-refractivity contribution in [3.8, 4) is 0 Å². The van der Waals surface area contributed by atoms with Gasteiger partial charge in [0.25, 0.3) is 0 Å². The molecule has 0 aromatic carbocycles. The van der Waals surface area contributed by atoms with Gasteiger partial charge in [-0.2, -0.15) is 9.40 Å². The van der Waals surface area contributed by atoms with Gasteiger partial charge in [-0.15, -0.1) is 11.3 Å². The highest BCUT2D eigenvalue weighted by molar-refractivity contribution is 7.89. The standard InChI is InChI=1S/C19H24N4O4S2/c1-13-18(29(25,26)22(4)12-16-7-5-9-27-16)14(2)23(21-13)15(3)19(24)20-11-17-8-6-10-28-17/h5-10,15H,11-12H2,1-4H3,(H,20,24). The summed E-state index contributed by atoms with van der Waals surface area (Å²) in [7, 11) is -2.31. The van der Waals surface area contributed by atoms with Crippen molar-refractivity contribution in [3.05, 3.63) is 57.9 Å². The molecule has 3 aromatic rings. The molecule has 1 atom stereocenters. The molecule has 8 nitrogen and oxygen atoms in total. The number of nitrogens with one attached hydrogen (secondary N) is 1. The van der Waals surface area contributed by atoms with Crippen molar-refractivity contribution in [2.24, 2.45) is 0 Å². The number of nitrogens with zero attached hydrogens (tertiary/aromatic N) is 3. The van der Waals surface area contributed by atoms with Gasteiger partial charge < -0.3 is 9.73 Å². The summed E-state index contributed by atoms with van der Waals surface area (Å²) in [6.45, 7) is 5.53. The number of carbonyl (C=O) groups is 1. The lowest BCUT2D eigenvalue weighted by molar-refractivity contribution is -0.124. The van der Waals surface area contributed by atoms with E-state index in [-0.39, 0.29) is 17.3 Å². The highest BCUT2D eigenvalue weighted by Gasteiger charge is 2.31. The van der Waals surface area contributed by atoms with E-state index in [1.807, 2.05) is 17.5 Å². The summed E-state index contributed by atoms with van der Waals surface area (Å²) in [5, 5.41) is 9.17. The molecule has 10 heteroatoms. The minimum atomic E-state index is -3.80. The van der Waals surface area contributed by atoms with Crippen LogP contribution in [0, 0.1) is 13.8 Å². The van der Waals surface area contributed by atoms with Crippen LogP contribution in [0.4, 0.5) is 0 Å². The van der Waals surface area contributed by atoms with Crippen molar-refractivity contribution in [1.29, 1.82) is 0 Å². The van der Waals surface area contributed by atoms with E-state index in [4.69, 9.17) is 4.42 Å². The molecule has 0 radical (unpaired) electrons. The van der Waals surface area contributed by atoms with Crippen molar-refractivity contribution in [2.45, 2.75) is 44.8 Å². The fourth-order valence-electron chi connectivity index (χ4n) is 3.11. The summed E-state index contributed by atoms with van der Waals surface area (Å²) < 4.78 is 34.2. The number of carbonyl (C=O) groups excluding carboxylic acids is 1. The van der Waals surface area contributed by atoms with Crippen LogP contribution >= 0.6 is 11.3 Å². The summed E-state index contributed by atoms with van der Waals surface area (Å²) in [6, 6.07) is 6.65. The van der Waals surface area contributed by atoms with Crippen molar-refractivity contribution in [1.82, 2.24) is 19.4 Å². The summed E-state index contributed by atoms with van der Waals surface area (Å²) >= 11 is 1.56. The van der Waals surface area contributed by atoms with Crippen LogP contribution in [0.2, 0.25) is 0 Å². The van der Waals surface area contributed by atoms with Crippen LogP contribution in [0.5, 0.6) is 0 Å². The third kappa shape index (κ3) is 4.44. The molecule has 29 heavy (non-hydrogen) atoms. The van der Waals surface area contributed by atoms with E-state index >= 15 is 0 Å². The van der Waals surface area contributed by atoms with Crippen molar-refractivity contribution < 1.29 is 17.6 Å². The molecule has 0 bridgehead atoms. The maximum Gasteiger partial charge on any atom is 0.246 e. The van der Waals surface area contributed by atoms with Gasteiger partial charge in [-0.3, -0.25) is 9.48 Å². The molecule has 0 saturated heterocycles. The normalized spacial score (nSPS) is 13.0. The van der Waals surface area contributed by atoms with Gasteiger partial charge in [0, 0.05) is 11.9 Å². The molecule has 0 aliphatic carbocycles. The Kier molecular flexibility index (Phi) is 6.25. The summed E-state index contributed by atoms with van der Waals surface area (Å²) in [5.74, 6) is 0.317. The SMILES string of the molecule is Cc1nn(C(C)C(=O)NCc2cccs2)c(C)c1S(=O)(=O)N(C)Cc1ccco1. The number of amides is 1. The average Bonchev–Trinajstić information content (AvgIpc) is 3.41. The molecule has 0 spiro atoms. The minimum Gasteiger partial charge on any atom is -0.468 e. The fourth-order valence-corrected chi connectivity index (χ4v) is 5.24. The van der Waals surface area contributed by atoms with Crippen molar-refractivity contribution >= 4 is 27.3 Å². The maximum absolute atomic E-state index is 13.1. The lowest BCUT2D eigenvalue weighted by atomic mass is 10.3. The number of sulfonamides is 1. The zero-order valence-electron chi connectivity index (χ0n) is 16.7. The second kappa shape index (κ2) is 8.52. The first-order valence-electron chi connectivity index (χ1n) is 9.06. The maximum atomic E-state index is 13.1. The Hall–Kier alpha value is -2.43. The smallest absolute Gasteiger partial charge is 0.246 e. The molecule has 0 saturated carbocycles. The molecule has 3 aromatic heterocycles. The quantitative estimate of drug-likeness (QED) is 0.586. The monoisotopic (exact) mass is 436 g/mol. The third-order valence-corrected chi connectivity index (χ3v) is 7.58. The molecule has 1 amide bonds. The number of rotatable bonds is 8. The molecule has 1 N–H and O–H groups in total. The Morgan fingerprint density at radius 3 is 2.72 bits per heavy atom. The highest BCUT2D eigenvalue weighted by atomic mass is 32.2. The summed E-state index contributed by atoms with van der Waals surface area (Å²) in [5.41, 5.74) is 0.777. The zero-order chi connectivity index (χ0) is 21.2. The minimum absolute atomic E-state index is 0.107. The molecule has 0 fully saturated rings. The second-order valence-electron chi connectivity index (χ2n) is 6.76. The van der Waals surface area contributed by atoms with Crippen LogP contribution < -0.4 is 5.32 Å². The number of hydrogen-bond donors (Lipinski definition) is 1. The Bertz CT molecular complexity index is 1070. The van der Waals surface area contributed by atoms with Crippen LogP contribution in [0.15, 0.2) is 45.2 Å². The fraction of sp³-hybridized carbons (Fsp3) is 0.368. The molecule has 3 rings (SSSR count). The van der Waals surface area contributed by atoms with Gasteiger partial charge in [0.2, 0.25) is 15.9 Å². The van der Waals surface area contributed by atoms with Crippen LogP contribution in [-0.2, 0) is 27.9 Å². The zero-order valence-corrected chi connectivity index (χ0v) is 18.4. The van der Waals surface area contributed by atoms with Crippen LogP contribution in [0.25, 0.3) is 0 Å². The molecular weight excluding hydrogens is 412 g/mol. The summed E-state index contributed by atoms with van der Waals surface area (Å²) in [6.07, 6.45) is 1.50. The van der Waals surface area contributed by atoms with E-state index < -0.39 is 16.1 Å².